The van der Waals surface area contributed by atoms with Gasteiger partial charge in [0.05, 0.1) is 6.04 Å². The van der Waals surface area contributed by atoms with Crippen molar-refractivity contribution in [2.75, 3.05) is 6.54 Å². The van der Waals surface area contributed by atoms with Gasteiger partial charge in [-0.2, -0.15) is 0 Å². The van der Waals surface area contributed by atoms with Crippen molar-refractivity contribution in [3.05, 3.63) is 59.7 Å². The fourth-order valence-corrected chi connectivity index (χ4v) is 3.94. The topological polar surface area (TPSA) is 235 Å². The Hall–Kier alpha value is -3.48. The van der Waals surface area contributed by atoms with Gasteiger partial charge < -0.3 is 36.8 Å². The minimum absolute atomic E-state index is 0.0557. The number of nitrogens with one attached hydrogen (secondary N) is 2. The fraction of sp³-hybridized carbons (Fsp3) is 0.375. The number of carboxylic acid groups (broad SMARTS) is 1. The van der Waals surface area contributed by atoms with E-state index in [1.54, 1.807) is 12.1 Å². The number of aromatic hydroxyl groups is 1. The average molecular weight is 553 g/mol. The molecule has 0 aliphatic heterocycles. The molecule has 0 unspecified atom stereocenters. The number of amides is 2. The highest BCUT2D eigenvalue weighted by molar-refractivity contribution is 7.46. The van der Waals surface area contributed by atoms with Gasteiger partial charge in [-0.05, 0) is 67.6 Å². The summed E-state index contributed by atoms with van der Waals surface area (Å²) in [6.45, 7) is 0.375. The molecule has 10 N–H and O–H groups in total. The molecule has 38 heavy (non-hydrogen) atoms. The zero-order valence-electron chi connectivity index (χ0n) is 20.5. The van der Waals surface area contributed by atoms with Crippen LogP contribution in [0.4, 0.5) is 0 Å². The molecule has 14 heteroatoms. The SMILES string of the molecule is NCCCC[C@H](NC(=O)[C@H](Cc1ccc(OP(=O)(O)O)cc1)NC(=O)[C@@H](N)Cc1ccc(O)cc1)C(=O)O. The van der Waals surface area contributed by atoms with Crippen LogP contribution < -0.4 is 26.6 Å². The Bertz CT molecular complexity index is 1120. The van der Waals surface area contributed by atoms with Crippen LogP contribution in [-0.2, 0) is 31.8 Å². The number of aliphatic carboxylic acids is 1. The smallest absolute Gasteiger partial charge is 0.508 e. The average Bonchev–Trinajstić information content (AvgIpc) is 2.84. The van der Waals surface area contributed by atoms with E-state index < -0.39 is 43.7 Å². The number of phosphoric ester groups is 1. The van der Waals surface area contributed by atoms with Crippen LogP contribution in [0.3, 0.4) is 0 Å². The molecule has 0 heterocycles. The Labute approximate surface area is 219 Å². The summed E-state index contributed by atoms with van der Waals surface area (Å²) in [6.07, 6.45) is 1.24. The molecular weight excluding hydrogens is 519 g/mol. The third-order valence-electron chi connectivity index (χ3n) is 5.51. The van der Waals surface area contributed by atoms with Crippen molar-refractivity contribution in [2.45, 2.75) is 50.2 Å². The van der Waals surface area contributed by atoms with Crippen LogP contribution >= 0.6 is 7.82 Å². The lowest BCUT2D eigenvalue weighted by atomic mass is 10.0. The van der Waals surface area contributed by atoms with E-state index >= 15 is 0 Å². The summed E-state index contributed by atoms with van der Waals surface area (Å²) in [5.41, 5.74) is 12.7. The van der Waals surface area contributed by atoms with E-state index in [0.717, 1.165) is 0 Å². The van der Waals surface area contributed by atoms with E-state index in [2.05, 4.69) is 15.2 Å². The highest BCUT2D eigenvalue weighted by Crippen LogP contribution is 2.37. The summed E-state index contributed by atoms with van der Waals surface area (Å²) in [6, 6.07) is 8.13. The molecule has 0 bridgehead atoms. The normalized spacial score (nSPS) is 13.7. The number of carbonyl (C=O) groups excluding carboxylic acids is 2. The minimum atomic E-state index is -4.76. The maximum Gasteiger partial charge on any atom is 0.524 e. The number of rotatable bonds is 15. The summed E-state index contributed by atoms with van der Waals surface area (Å²) in [7, 11) is -4.76. The molecule has 0 aliphatic rings. The molecule has 0 saturated heterocycles. The maximum atomic E-state index is 13.1. The minimum Gasteiger partial charge on any atom is -0.508 e. The van der Waals surface area contributed by atoms with Crippen molar-refractivity contribution in [1.82, 2.24) is 10.6 Å². The number of hydrogen-bond donors (Lipinski definition) is 8. The Kier molecular flexibility index (Phi) is 11.7. The first-order valence-electron chi connectivity index (χ1n) is 11.8. The first kappa shape index (κ1) is 30.7. The number of phosphoric acid groups is 1. The van der Waals surface area contributed by atoms with Gasteiger partial charge in [0, 0.05) is 6.42 Å². The van der Waals surface area contributed by atoms with Crippen molar-refractivity contribution in [1.29, 1.82) is 0 Å². The summed E-state index contributed by atoms with van der Waals surface area (Å²) in [5.74, 6) is -2.68. The number of hydrogen-bond acceptors (Lipinski definition) is 8. The molecule has 2 aromatic rings. The lowest BCUT2D eigenvalue weighted by molar-refractivity contribution is -0.142. The van der Waals surface area contributed by atoms with E-state index in [-0.39, 0.29) is 30.8 Å². The van der Waals surface area contributed by atoms with Crippen molar-refractivity contribution >= 4 is 25.6 Å². The van der Waals surface area contributed by atoms with Crippen molar-refractivity contribution in [2.24, 2.45) is 11.5 Å². The predicted molar refractivity (Wildman–Crippen MR) is 137 cm³/mol. The standard InChI is InChI=1S/C24H33N4O9P/c25-12-2-1-3-20(24(32)33)27-23(31)21(14-16-6-10-18(11-7-16)37-38(34,35)36)28-22(30)19(26)13-15-4-8-17(29)9-5-15/h4-11,19-21,29H,1-3,12-14,25-26H2,(H,27,31)(H,28,30)(H,32,33)(H2,34,35,36)/t19-,20-,21-/m0/s1. The molecule has 13 nitrogen and oxygen atoms in total. The second-order valence-electron chi connectivity index (χ2n) is 8.65. The zero-order chi connectivity index (χ0) is 28.3. The molecular formula is C24H33N4O9P. The van der Waals surface area contributed by atoms with E-state index in [0.29, 0.717) is 30.5 Å². The van der Waals surface area contributed by atoms with Crippen LogP contribution in [0.15, 0.2) is 48.5 Å². The lowest BCUT2D eigenvalue weighted by Gasteiger charge is -2.23. The van der Waals surface area contributed by atoms with Crippen LogP contribution in [0.1, 0.15) is 30.4 Å². The van der Waals surface area contributed by atoms with Crippen molar-refractivity contribution in [3.63, 3.8) is 0 Å². The Balaban J connectivity index is 2.18. The van der Waals surface area contributed by atoms with Gasteiger partial charge in [-0.15, -0.1) is 0 Å². The van der Waals surface area contributed by atoms with Gasteiger partial charge >= 0.3 is 13.8 Å². The largest absolute Gasteiger partial charge is 0.524 e. The van der Waals surface area contributed by atoms with E-state index in [1.807, 2.05) is 0 Å². The first-order chi connectivity index (χ1) is 17.9. The molecule has 208 valence electrons. The summed E-state index contributed by atoms with van der Waals surface area (Å²) in [5, 5.41) is 24.0. The molecule has 2 aromatic carbocycles. The number of phenolic OH excluding ortho intramolecular Hbond substituents is 1. The fourth-order valence-electron chi connectivity index (χ4n) is 3.55. The molecule has 0 aliphatic carbocycles. The van der Waals surface area contributed by atoms with Gasteiger partial charge in [0.2, 0.25) is 11.8 Å². The molecule has 0 fully saturated rings. The second kappa shape index (κ2) is 14.5. The van der Waals surface area contributed by atoms with E-state index in [1.165, 1.54) is 36.4 Å². The molecule has 3 atom stereocenters. The van der Waals surface area contributed by atoms with Crippen LogP contribution in [0, 0.1) is 0 Å². The zero-order valence-corrected chi connectivity index (χ0v) is 21.4. The maximum absolute atomic E-state index is 13.1. The number of benzene rings is 2. The monoisotopic (exact) mass is 552 g/mol. The van der Waals surface area contributed by atoms with Crippen LogP contribution in [0.25, 0.3) is 0 Å². The Morgan fingerprint density at radius 2 is 1.42 bits per heavy atom. The van der Waals surface area contributed by atoms with Gasteiger partial charge in [-0.3, -0.25) is 19.4 Å². The van der Waals surface area contributed by atoms with Crippen LogP contribution in [0.5, 0.6) is 11.5 Å². The van der Waals surface area contributed by atoms with Crippen LogP contribution in [-0.4, -0.2) is 62.5 Å². The number of phenols is 1. The summed E-state index contributed by atoms with van der Waals surface area (Å²) in [4.78, 5) is 55.5. The third kappa shape index (κ3) is 10.9. The van der Waals surface area contributed by atoms with E-state index in [4.69, 9.17) is 21.3 Å². The molecule has 0 saturated carbocycles. The van der Waals surface area contributed by atoms with Gasteiger partial charge in [-0.25, -0.2) is 9.36 Å². The third-order valence-corrected chi connectivity index (χ3v) is 5.96. The van der Waals surface area contributed by atoms with Gasteiger partial charge in [-0.1, -0.05) is 24.3 Å². The van der Waals surface area contributed by atoms with E-state index in [9.17, 15) is 29.2 Å². The van der Waals surface area contributed by atoms with Gasteiger partial charge in [0.1, 0.15) is 23.6 Å². The number of unbranched alkanes of at least 4 members (excludes halogenated alkanes) is 1. The quantitative estimate of drug-likeness (QED) is 0.109. The number of nitrogens with two attached hydrogens (primary N) is 2. The first-order valence-corrected chi connectivity index (χ1v) is 13.3. The van der Waals surface area contributed by atoms with Gasteiger partial charge in [0.15, 0.2) is 0 Å². The highest BCUT2D eigenvalue weighted by atomic mass is 31.2. The Morgan fingerprint density at radius 1 is 0.868 bits per heavy atom. The molecule has 0 aromatic heterocycles. The predicted octanol–water partition coefficient (Wildman–Crippen LogP) is 0.159. The lowest BCUT2D eigenvalue weighted by Crippen LogP contribution is -2.55. The van der Waals surface area contributed by atoms with Crippen molar-refractivity contribution in [3.8, 4) is 11.5 Å². The second-order valence-corrected chi connectivity index (χ2v) is 9.82. The van der Waals surface area contributed by atoms with Crippen LogP contribution in [0.2, 0.25) is 0 Å². The summed E-state index contributed by atoms with van der Waals surface area (Å²) >= 11 is 0. The molecule has 0 radical (unpaired) electrons. The molecule has 0 spiro atoms. The van der Waals surface area contributed by atoms with Gasteiger partial charge in [0.25, 0.3) is 0 Å². The molecule has 2 amide bonds. The van der Waals surface area contributed by atoms with Crippen molar-refractivity contribution < 1.29 is 43.5 Å². The molecule has 2 rings (SSSR count). The Morgan fingerprint density at radius 3 is 1.97 bits per heavy atom. The number of carbonyl (C=O) groups is 3. The summed E-state index contributed by atoms with van der Waals surface area (Å²) < 4.78 is 15.5. The highest BCUT2D eigenvalue weighted by Gasteiger charge is 2.28. The number of carboxylic acids is 1.